The highest BCUT2D eigenvalue weighted by Gasteiger charge is 2.33. The van der Waals surface area contributed by atoms with E-state index < -0.39 is 0 Å². The molecule has 0 aliphatic carbocycles. The second-order valence-electron chi connectivity index (χ2n) is 11.1. The number of Topliss-reactive ketones (excluding diaryl/α,β-unsaturated/α-hetero) is 1. The van der Waals surface area contributed by atoms with Crippen LogP contribution < -0.4 is 4.74 Å². The van der Waals surface area contributed by atoms with Crippen LogP contribution in [0.4, 0.5) is 0 Å². The van der Waals surface area contributed by atoms with Crippen LogP contribution in [0.3, 0.4) is 0 Å². The van der Waals surface area contributed by atoms with E-state index in [2.05, 4.69) is 79.3 Å². The number of benzene rings is 2. The summed E-state index contributed by atoms with van der Waals surface area (Å²) in [6.07, 6.45) is 10.6. The first-order valence-corrected chi connectivity index (χ1v) is 14.4. The third-order valence-corrected chi connectivity index (χ3v) is 8.47. The minimum Gasteiger partial charge on any atom is -0.457 e. The Balaban J connectivity index is 2.29. The van der Waals surface area contributed by atoms with Crippen LogP contribution in [0.25, 0.3) is 0 Å². The first kappa shape index (κ1) is 30.0. The normalized spacial score (nSPS) is 13.1. The maximum atomic E-state index is 12.9. The summed E-state index contributed by atoms with van der Waals surface area (Å²) in [6.45, 7) is 20.0. The molecule has 0 heterocycles. The van der Waals surface area contributed by atoms with E-state index in [9.17, 15) is 4.79 Å². The summed E-state index contributed by atoms with van der Waals surface area (Å²) in [7, 11) is 0. The highest BCUT2D eigenvalue weighted by molar-refractivity contribution is 7.99. The standard InChI is InChI=1S/C33H46O2S/c1-9-13-14-15-30(34)28-23-27(20-21-31(28)36-22-10-2)35-26-18-16-25(17-19-26)29(33(7,8)12-4)24-32(5,6)11-3/h10,13-14,16-21,23,29H,2,9,11-12,15,22,24H2,1,3-8H3/b14-13+. The van der Waals surface area contributed by atoms with Gasteiger partial charge in [-0.2, -0.15) is 0 Å². The lowest BCUT2D eigenvalue weighted by atomic mass is 9.66. The molecule has 1 atom stereocenters. The van der Waals surface area contributed by atoms with E-state index >= 15 is 0 Å². The van der Waals surface area contributed by atoms with Crippen molar-refractivity contribution in [2.75, 3.05) is 5.75 Å². The first-order chi connectivity index (χ1) is 17.1. The average Bonchev–Trinajstić information content (AvgIpc) is 2.87. The van der Waals surface area contributed by atoms with E-state index in [1.165, 1.54) is 12.0 Å². The third kappa shape index (κ3) is 8.69. The number of ketones is 1. The van der Waals surface area contributed by atoms with Gasteiger partial charge in [0.2, 0.25) is 0 Å². The first-order valence-electron chi connectivity index (χ1n) is 13.4. The van der Waals surface area contributed by atoms with Gasteiger partial charge in [-0.3, -0.25) is 4.79 Å². The Morgan fingerprint density at radius 2 is 1.64 bits per heavy atom. The van der Waals surface area contributed by atoms with Gasteiger partial charge in [0.15, 0.2) is 5.78 Å². The van der Waals surface area contributed by atoms with Crippen LogP contribution >= 0.6 is 11.8 Å². The van der Waals surface area contributed by atoms with Crippen molar-refractivity contribution in [3.8, 4) is 11.5 Å². The quantitative estimate of drug-likeness (QED) is 0.136. The Morgan fingerprint density at radius 1 is 0.972 bits per heavy atom. The van der Waals surface area contributed by atoms with E-state index in [0.29, 0.717) is 29.1 Å². The van der Waals surface area contributed by atoms with Crippen LogP contribution in [0.5, 0.6) is 11.5 Å². The second-order valence-corrected chi connectivity index (χ2v) is 12.1. The lowest BCUT2D eigenvalue weighted by Gasteiger charge is -2.39. The number of allylic oxidation sites excluding steroid dienone is 2. The predicted molar refractivity (Wildman–Crippen MR) is 158 cm³/mol. The molecular formula is C33H46O2S. The SMILES string of the molecule is C=CCSc1ccc(Oc2ccc(C(CC(C)(C)CC)C(C)(C)CC)cc2)cc1C(=O)C/C=C/CC. The Labute approximate surface area is 224 Å². The summed E-state index contributed by atoms with van der Waals surface area (Å²) in [5.41, 5.74) is 2.59. The van der Waals surface area contributed by atoms with E-state index in [1.807, 2.05) is 36.4 Å². The maximum absolute atomic E-state index is 12.9. The van der Waals surface area contributed by atoms with E-state index in [1.54, 1.807) is 11.8 Å². The molecule has 2 rings (SSSR count). The fourth-order valence-electron chi connectivity index (χ4n) is 4.22. The molecule has 2 aromatic carbocycles. The van der Waals surface area contributed by atoms with Crippen molar-refractivity contribution in [3.05, 3.63) is 78.4 Å². The molecule has 2 nitrogen and oxygen atoms in total. The molecule has 36 heavy (non-hydrogen) atoms. The molecule has 3 heteroatoms. The minimum atomic E-state index is 0.107. The number of thioether (sulfide) groups is 1. The van der Waals surface area contributed by atoms with Crippen LogP contribution in [0.2, 0.25) is 0 Å². The number of carbonyl (C=O) groups is 1. The summed E-state index contributed by atoms with van der Waals surface area (Å²) < 4.78 is 6.22. The number of carbonyl (C=O) groups excluding carboxylic acids is 1. The summed E-state index contributed by atoms with van der Waals surface area (Å²) in [5, 5.41) is 0. The Kier molecular flexibility index (Phi) is 11.6. The molecule has 0 N–H and O–H groups in total. The number of rotatable bonds is 15. The zero-order valence-electron chi connectivity index (χ0n) is 23.5. The van der Waals surface area contributed by atoms with Crippen molar-refractivity contribution in [3.63, 3.8) is 0 Å². The van der Waals surface area contributed by atoms with Gasteiger partial charge in [-0.25, -0.2) is 0 Å². The van der Waals surface area contributed by atoms with Gasteiger partial charge in [0, 0.05) is 22.6 Å². The zero-order valence-corrected chi connectivity index (χ0v) is 24.3. The van der Waals surface area contributed by atoms with Gasteiger partial charge in [-0.1, -0.05) is 91.7 Å². The van der Waals surface area contributed by atoms with Crippen LogP contribution in [0.1, 0.15) is 102 Å². The van der Waals surface area contributed by atoms with Crippen LogP contribution in [-0.2, 0) is 0 Å². The van der Waals surface area contributed by atoms with Crippen LogP contribution in [0, 0.1) is 10.8 Å². The van der Waals surface area contributed by atoms with Gasteiger partial charge in [0.1, 0.15) is 11.5 Å². The van der Waals surface area contributed by atoms with Crippen molar-refractivity contribution < 1.29 is 9.53 Å². The van der Waals surface area contributed by atoms with Gasteiger partial charge in [-0.05, 0) is 65.5 Å². The molecule has 1 unspecified atom stereocenters. The number of ether oxygens (including phenoxy) is 1. The molecule has 0 aliphatic rings. The second kappa shape index (κ2) is 13.9. The van der Waals surface area contributed by atoms with Crippen LogP contribution in [-0.4, -0.2) is 11.5 Å². The fraction of sp³-hybridized carbons (Fsp3) is 0.485. The van der Waals surface area contributed by atoms with E-state index in [4.69, 9.17) is 4.74 Å². The Morgan fingerprint density at radius 3 is 2.22 bits per heavy atom. The van der Waals surface area contributed by atoms with Crippen LogP contribution in [0.15, 0.2) is 72.2 Å². The van der Waals surface area contributed by atoms with Crippen molar-refractivity contribution in [2.45, 2.75) is 91.4 Å². The van der Waals surface area contributed by atoms with Crippen molar-refractivity contribution in [1.29, 1.82) is 0 Å². The molecule has 0 fully saturated rings. The minimum absolute atomic E-state index is 0.107. The van der Waals surface area contributed by atoms with Gasteiger partial charge in [0.25, 0.3) is 0 Å². The summed E-state index contributed by atoms with van der Waals surface area (Å²) >= 11 is 1.63. The van der Waals surface area contributed by atoms with Gasteiger partial charge in [-0.15, -0.1) is 18.3 Å². The molecule has 0 amide bonds. The molecule has 196 valence electrons. The number of hydrogen-bond donors (Lipinski definition) is 0. The Hall–Kier alpha value is -2.26. The lowest BCUT2D eigenvalue weighted by Crippen LogP contribution is -2.26. The van der Waals surface area contributed by atoms with Crippen molar-refractivity contribution >= 4 is 17.5 Å². The van der Waals surface area contributed by atoms with Gasteiger partial charge >= 0.3 is 0 Å². The molecule has 0 spiro atoms. The van der Waals surface area contributed by atoms with E-state index in [0.717, 1.165) is 35.7 Å². The fourth-order valence-corrected chi connectivity index (χ4v) is 5.01. The molecule has 0 bridgehead atoms. The summed E-state index contributed by atoms with van der Waals surface area (Å²) in [6, 6.07) is 14.4. The highest BCUT2D eigenvalue weighted by atomic mass is 32.2. The smallest absolute Gasteiger partial charge is 0.167 e. The summed E-state index contributed by atoms with van der Waals surface area (Å²) in [5.74, 6) is 2.82. The zero-order chi connectivity index (χ0) is 26.8. The Bertz CT molecular complexity index is 1010. The van der Waals surface area contributed by atoms with Gasteiger partial charge in [0.05, 0.1) is 0 Å². The molecule has 0 saturated carbocycles. The lowest BCUT2D eigenvalue weighted by molar-refractivity contribution is 0.0992. The average molecular weight is 507 g/mol. The monoisotopic (exact) mass is 506 g/mol. The highest BCUT2D eigenvalue weighted by Crippen LogP contribution is 2.46. The topological polar surface area (TPSA) is 26.3 Å². The summed E-state index contributed by atoms with van der Waals surface area (Å²) in [4.78, 5) is 13.9. The predicted octanol–water partition coefficient (Wildman–Crippen LogP) is 10.6. The molecule has 0 aliphatic heterocycles. The largest absolute Gasteiger partial charge is 0.457 e. The third-order valence-electron chi connectivity index (χ3n) is 7.40. The van der Waals surface area contributed by atoms with E-state index in [-0.39, 0.29) is 11.2 Å². The van der Waals surface area contributed by atoms with Crippen molar-refractivity contribution in [1.82, 2.24) is 0 Å². The molecule has 0 radical (unpaired) electrons. The van der Waals surface area contributed by atoms with Gasteiger partial charge < -0.3 is 4.74 Å². The maximum Gasteiger partial charge on any atom is 0.167 e. The number of hydrogen-bond acceptors (Lipinski definition) is 3. The molecular weight excluding hydrogens is 460 g/mol. The van der Waals surface area contributed by atoms with Crippen molar-refractivity contribution in [2.24, 2.45) is 10.8 Å². The molecule has 2 aromatic rings. The molecule has 0 aromatic heterocycles. The molecule has 0 saturated heterocycles.